The Balaban J connectivity index is 2.22. The molecule has 1 N–H and O–H groups in total. The summed E-state index contributed by atoms with van der Waals surface area (Å²) in [5.41, 5.74) is 1.55. The van der Waals surface area contributed by atoms with Gasteiger partial charge in [0, 0.05) is 11.6 Å². The lowest BCUT2D eigenvalue weighted by atomic mass is 10.1. The van der Waals surface area contributed by atoms with Crippen molar-refractivity contribution in [3.63, 3.8) is 0 Å². The Morgan fingerprint density at radius 2 is 1.78 bits per heavy atom. The Morgan fingerprint density at radius 1 is 1.00 bits per heavy atom. The zero-order valence-corrected chi connectivity index (χ0v) is 9.97. The largest absolute Gasteiger partial charge is 0.311 e. The summed E-state index contributed by atoms with van der Waals surface area (Å²) in [5, 5.41) is 2.33. The monoisotopic (exact) mass is 236 g/mol. The fourth-order valence-electron chi connectivity index (χ4n) is 2.08. The minimum atomic E-state index is -0.120. The van der Waals surface area contributed by atoms with Crippen molar-refractivity contribution in [3.8, 4) is 11.3 Å². The van der Waals surface area contributed by atoms with Gasteiger partial charge >= 0.3 is 0 Å². The van der Waals surface area contributed by atoms with Crippen LogP contribution in [-0.2, 0) is 0 Å². The summed E-state index contributed by atoms with van der Waals surface area (Å²) in [4.78, 5) is 18.5. The Kier molecular flexibility index (Phi) is 2.45. The zero-order chi connectivity index (χ0) is 12.5. The third-order valence-corrected chi connectivity index (χ3v) is 2.91. The number of hydrogen-bond donors (Lipinski definition) is 1. The number of fused-ring (bicyclic) bond motifs is 1. The van der Waals surface area contributed by atoms with Crippen molar-refractivity contribution in [1.82, 2.24) is 9.97 Å². The van der Waals surface area contributed by atoms with Crippen LogP contribution < -0.4 is 5.56 Å². The first-order valence-corrected chi connectivity index (χ1v) is 5.79. The molecule has 3 aromatic rings. The molecule has 18 heavy (non-hydrogen) atoms. The molecule has 0 atom stereocenters. The number of aryl methyl sites for hydroxylation is 1. The molecular weight excluding hydrogens is 224 g/mol. The maximum Gasteiger partial charge on any atom is 0.251 e. The Bertz CT molecular complexity index is 775. The highest BCUT2D eigenvalue weighted by atomic mass is 16.1. The lowest BCUT2D eigenvalue weighted by Gasteiger charge is -2.03. The summed E-state index contributed by atoms with van der Waals surface area (Å²) in [6, 6.07) is 15.7. The molecule has 3 nitrogen and oxygen atoms in total. The quantitative estimate of drug-likeness (QED) is 0.706. The van der Waals surface area contributed by atoms with E-state index in [4.69, 9.17) is 0 Å². The molecule has 0 saturated carbocycles. The Hall–Kier alpha value is -2.42. The molecule has 1 heterocycles. The molecule has 0 fully saturated rings. The van der Waals surface area contributed by atoms with E-state index in [0.29, 0.717) is 11.5 Å². The van der Waals surface area contributed by atoms with E-state index in [1.807, 2.05) is 24.3 Å². The van der Waals surface area contributed by atoms with Gasteiger partial charge in [0.25, 0.3) is 5.56 Å². The van der Waals surface area contributed by atoms with Crippen LogP contribution in [0.4, 0.5) is 0 Å². The highest BCUT2D eigenvalue weighted by Crippen LogP contribution is 2.22. The molecule has 0 amide bonds. The van der Waals surface area contributed by atoms with Crippen LogP contribution >= 0.6 is 0 Å². The lowest BCUT2D eigenvalue weighted by molar-refractivity contribution is 1.02. The molecule has 0 bridgehead atoms. The molecule has 0 radical (unpaired) electrons. The zero-order valence-electron chi connectivity index (χ0n) is 9.97. The molecule has 88 valence electrons. The molecular formula is C15H12N2O. The molecule has 2 aromatic carbocycles. The van der Waals surface area contributed by atoms with E-state index in [-0.39, 0.29) is 5.56 Å². The second-order valence-electron chi connectivity index (χ2n) is 4.28. The van der Waals surface area contributed by atoms with Crippen molar-refractivity contribution in [2.75, 3.05) is 0 Å². The molecule has 0 aliphatic carbocycles. The summed E-state index contributed by atoms with van der Waals surface area (Å²) in [7, 11) is 0. The van der Waals surface area contributed by atoms with Crippen molar-refractivity contribution < 1.29 is 0 Å². The van der Waals surface area contributed by atoms with E-state index >= 15 is 0 Å². The molecule has 0 aliphatic rings. The molecule has 0 saturated heterocycles. The van der Waals surface area contributed by atoms with Gasteiger partial charge in [0.2, 0.25) is 0 Å². The van der Waals surface area contributed by atoms with Crippen molar-refractivity contribution in [1.29, 1.82) is 0 Å². The number of H-pyrrole nitrogens is 1. The number of nitrogens with one attached hydrogen (secondary N) is 1. The SMILES string of the molecule is Cc1nc(-c2ccc3ccccc3c2)cc(=O)[nH]1. The number of aromatic amines is 1. The van der Waals surface area contributed by atoms with Gasteiger partial charge in [0.05, 0.1) is 5.69 Å². The number of nitrogens with zero attached hydrogens (tertiary/aromatic N) is 1. The van der Waals surface area contributed by atoms with Gasteiger partial charge in [-0.2, -0.15) is 0 Å². The molecule has 0 unspecified atom stereocenters. The van der Waals surface area contributed by atoms with E-state index in [1.54, 1.807) is 6.92 Å². The Morgan fingerprint density at radius 3 is 2.56 bits per heavy atom. The first-order valence-electron chi connectivity index (χ1n) is 5.79. The molecule has 3 heteroatoms. The molecule has 0 aliphatic heterocycles. The van der Waals surface area contributed by atoms with E-state index in [2.05, 4.69) is 28.2 Å². The highest BCUT2D eigenvalue weighted by molar-refractivity contribution is 5.86. The second-order valence-corrected chi connectivity index (χ2v) is 4.28. The van der Waals surface area contributed by atoms with Crippen LogP contribution in [-0.4, -0.2) is 9.97 Å². The van der Waals surface area contributed by atoms with Gasteiger partial charge in [-0.3, -0.25) is 4.79 Å². The fraction of sp³-hybridized carbons (Fsp3) is 0.0667. The van der Waals surface area contributed by atoms with Crippen LogP contribution in [0.3, 0.4) is 0 Å². The van der Waals surface area contributed by atoms with E-state index in [1.165, 1.54) is 11.5 Å². The van der Waals surface area contributed by atoms with Crippen LogP contribution in [0, 0.1) is 6.92 Å². The van der Waals surface area contributed by atoms with E-state index < -0.39 is 0 Å². The van der Waals surface area contributed by atoms with Crippen molar-refractivity contribution in [3.05, 3.63) is 64.7 Å². The van der Waals surface area contributed by atoms with Gasteiger partial charge in [0.1, 0.15) is 5.82 Å². The number of hydrogen-bond acceptors (Lipinski definition) is 2. The van der Waals surface area contributed by atoms with Crippen LogP contribution in [0.25, 0.3) is 22.0 Å². The average molecular weight is 236 g/mol. The van der Waals surface area contributed by atoms with Crippen molar-refractivity contribution in [2.45, 2.75) is 6.92 Å². The maximum atomic E-state index is 11.5. The highest BCUT2D eigenvalue weighted by Gasteiger charge is 2.02. The summed E-state index contributed by atoms with van der Waals surface area (Å²) in [6.07, 6.45) is 0. The van der Waals surface area contributed by atoms with Crippen LogP contribution in [0.1, 0.15) is 5.82 Å². The van der Waals surface area contributed by atoms with Gasteiger partial charge in [-0.15, -0.1) is 0 Å². The van der Waals surface area contributed by atoms with Gasteiger partial charge < -0.3 is 4.98 Å². The minimum Gasteiger partial charge on any atom is -0.311 e. The first-order chi connectivity index (χ1) is 8.72. The summed E-state index contributed by atoms with van der Waals surface area (Å²) in [5.74, 6) is 0.630. The van der Waals surface area contributed by atoms with Gasteiger partial charge in [-0.05, 0) is 23.8 Å². The van der Waals surface area contributed by atoms with Gasteiger partial charge in [0.15, 0.2) is 0 Å². The normalized spacial score (nSPS) is 10.7. The number of benzene rings is 2. The topological polar surface area (TPSA) is 45.8 Å². The number of aromatic nitrogens is 2. The Labute approximate surface area is 104 Å². The average Bonchev–Trinajstić information content (AvgIpc) is 2.37. The minimum absolute atomic E-state index is 0.120. The van der Waals surface area contributed by atoms with E-state index in [0.717, 1.165) is 10.9 Å². The lowest BCUT2D eigenvalue weighted by Crippen LogP contribution is -2.08. The maximum absolute atomic E-state index is 11.5. The van der Waals surface area contributed by atoms with Crippen molar-refractivity contribution in [2.24, 2.45) is 0 Å². The standard InChI is InChI=1S/C15H12N2O/c1-10-16-14(9-15(18)17-10)13-7-6-11-4-2-3-5-12(11)8-13/h2-9H,1H3,(H,16,17,18). The number of rotatable bonds is 1. The third kappa shape index (κ3) is 1.91. The summed E-state index contributed by atoms with van der Waals surface area (Å²) in [6.45, 7) is 1.78. The molecule has 1 aromatic heterocycles. The van der Waals surface area contributed by atoms with Crippen molar-refractivity contribution >= 4 is 10.8 Å². The third-order valence-electron chi connectivity index (χ3n) is 2.91. The summed E-state index contributed by atoms with van der Waals surface area (Å²) >= 11 is 0. The fourth-order valence-corrected chi connectivity index (χ4v) is 2.08. The predicted molar refractivity (Wildman–Crippen MR) is 72.5 cm³/mol. The van der Waals surface area contributed by atoms with Crippen LogP contribution in [0.5, 0.6) is 0 Å². The smallest absolute Gasteiger partial charge is 0.251 e. The molecule has 0 spiro atoms. The second kappa shape index (κ2) is 4.11. The summed E-state index contributed by atoms with van der Waals surface area (Å²) < 4.78 is 0. The van der Waals surface area contributed by atoms with Gasteiger partial charge in [-0.25, -0.2) is 4.98 Å². The first kappa shape index (κ1) is 10.7. The van der Waals surface area contributed by atoms with Crippen LogP contribution in [0.15, 0.2) is 53.3 Å². The van der Waals surface area contributed by atoms with E-state index in [9.17, 15) is 4.79 Å². The van der Waals surface area contributed by atoms with Gasteiger partial charge in [-0.1, -0.05) is 36.4 Å². The molecule has 3 rings (SSSR count). The van der Waals surface area contributed by atoms with Crippen LogP contribution in [0.2, 0.25) is 0 Å². The predicted octanol–water partition coefficient (Wildman–Crippen LogP) is 2.90.